The summed E-state index contributed by atoms with van der Waals surface area (Å²) in [5.74, 6) is -1.29. The number of H-pyrrole nitrogens is 1. The number of hydrogen-bond acceptors (Lipinski definition) is 6. The first kappa shape index (κ1) is 15.4. The van der Waals surface area contributed by atoms with E-state index in [0.717, 1.165) is 6.07 Å². The molecule has 0 saturated carbocycles. The molecule has 0 aliphatic heterocycles. The van der Waals surface area contributed by atoms with Crippen molar-refractivity contribution in [2.24, 2.45) is 0 Å². The summed E-state index contributed by atoms with van der Waals surface area (Å²) < 4.78 is 9.59. The van der Waals surface area contributed by atoms with Crippen molar-refractivity contribution in [3.05, 3.63) is 33.2 Å². The minimum atomic E-state index is -0.709. The number of aromatic nitrogens is 1. The molecule has 1 N–H and O–H groups in total. The van der Waals surface area contributed by atoms with Crippen LogP contribution in [0.3, 0.4) is 0 Å². The number of nitrogens with zero attached hydrogens (tertiary/aromatic N) is 1. The summed E-state index contributed by atoms with van der Waals surface area (Å²) in [6.07, 6.45) is -0.275. The molecule has 1 aromatic heterocycles. The normalized spacial score (nSPS) is 9.65. The van der Waals surface area contributed by atoms with Gasteiger partial charge in [0.2, 0.25) is 0 Å². The van der Waals surface area contributed by atoms with Crippen LogP contribution in [0.2, 0.25) is 0 Å². The number of pyridine rings is 1. The highest BCUT2D eigenvalue weighted by Crippen LogP contribution is 2.09. The van der Waals surface area contributed by atoms with Gasteiger partial charge in [-0.25, -0.2) is 4.79 Å². The molecule has 7 heteroatoms. The fourth-order valence-corrected chi connectivity index (χ4v) is 1.54. The van der Waals surface area contributed by atoms with Crippen molar-refractivity contribution in [1.82, 2.24) is 4.98 Å². The number of esters is 2. The lowest BCUT2D eigenvalue weighted by atomic mass is 10.1. The van der Waals surface area contributed by atoms with Crippen molar-refractivity contribution in [2.75, 3.05) is 13.2 Å². The number of nitriles is 1. The third kappa shape index (κ3) is 3.68. The number of aromatic amines is 1. The van der Waals surface area contributed by atoms with E-state index < -0.39 is 17.5 Å². The monoisotopic (exact) mass is 278 g/mol. The third-order valence-electron chi connectivity index (χ3n) is 2.37. The molecular weight excluding hydrogens is 264 g/mol. The Balaban J connectivity index is 3.23. The van der Waals surface area contributed by atoms with E-state index in [1.807, 2.05) is 0 Å². The summed E-state index contributed by atoms with van der Waals surface area (Å²) in [6, 6.07) is 2.79. The number of hydrogen-bond donors (Lipinski definition) is 1. The first-order valence-corrected chi connectivity index (χ1v) is 6.02. The van der Waals surface area contributed by atoms with E-state index in [1.165, 1.54) is 0 Å². The number of rotatable bonds is 5. The zero-order valence-corrected chi connectivity index (χ0v) is 11.2. The van der Waals surface area contributed by atoms with Gasteiger partial charge in [-0.2, -0.15) is 5.26 Å². The van der Waals surface area contributed by atoms with Crippen molar-refractivity contribution in [1.29, 1.82) is 5.26 Å². The van der Waals surface area contributed by atoms with Crippen LogP contribution in [-0.4, -0.2) is 30.1 Å². The fraction of sp³-hybridized carbons (Fsp3) is 0.385. The highest BCUT2D eigenvalue weighted by molar-refractivity contribution is 5.92. The average Bonchev–Trinajstić information content (AvgIpc) is 2.39. The number of nitrogens with one attached hydrogen (secondary N) is 1. The van der Waals surface area contributed by atoms with E-state index in [-0.39, 0.29) is 36.5 Å². The molecule has 1 aromatic rings. The second-order valence-electron chi connectivity index (χ2n) is 3.72. The largest absolute Gasteiger partial charge is 0.466 e. The Bertz CT molecular complexity index is 612. The number of ether oxygens (including phenoxy) is 2. The molecule has 7 nitrogen and oxygen atoms in total. The molecule has 0 aromatic carbocycles. The zero-order valence-electron chi connectivity index (χ0n) is 11.2. The van der Waals surface area contributed by atoms with Crippen LogP contribution in [0.1, 0.15) is 35.5 Å². The van der Waals surface area contributed by atoms with Crippen LogP contribution in [0.5, 0.6) is 0 Å². The molecule has 0 amide bonds. The van der Waals surface area contributed by atoms with Crippen molar-refractivity contribution < 1.29 is 19.1 Å². The first-order chi connectivity index (χ1) is 9.53. The molecule has 0 aliphatic rings. The molecule has 20 heavy (non-hydrogen) atoms. The Kier molecular flexibility index (Phi) is 5.47. The Morgan fingerprint density at radius 1 is 1.30 bits per heavy atom. The first-order valence-electron chi connectivity index (χ1n) is 6.02. The maximum absolute atomic E-state index is 11.8. The van der Waals surface area contributed by atoms with Crippen molar-refractivity contribution in [3.63, 3.8) is 0 Å². The molecule has 0 aliphatic carbocycles. The average molecular weight is 278 g/mol. The van der Waals surface area contributed by atoms with Gasteiger partial charge in [0.1, 0.15) is 11.6 Å². The van der Waals surface area contributed by atoms with Gasteiger partial charge in [0, 0.05) is 5.69 Å². The van der Waals surface area contributed by atoms with E-state index in [2.05, 4.69) is 4.98 Å². The Labute approximate surface area is 115 Å². The topological polar surface area (TPSA) is 109 Å². The molecule has 1 rings (SSSR count). The minimum Gasteiger partial charge on any atom is -0.466 e. The molecular formula is C13H14N2O5. The highest BCUT2D eigenvalue weighted by Gasteiger charge is 2.19. The van der Waals surface area contributed by atoms with Gasteiger partial charge in [-0.1, -0.05) is 0 Å². The molecule has 1 heterocycles. The van der Waals surface area contributed by atoms with Crippen LogP contribution in [0.25, 0.3) is 0 Å². The lowest BCUT2D eigenvalue weighted by Gasteiger charge is -2.08. The SMILES string of the molecule is CCOC(=O)Cc1[nH]c(=O)c(C#N)cc1C(=O)OCC. The summed E-state index contributed by atoms with van der Waals surface area (Å²) in [5.41, 5.74) is -0.831. The van der Waals surface area contributed by atoms with Gasteiger partial charge < -0.3 is 14.5 Å². The van der Waals surface area contributed by atoms with Crippen LogP contribution < -0.4 is 5.56 Å². The standard InChI is InChI=1S/C13H14N2O5/c1-3-19-11(16)6-10-9(13(18)20-4-2)5-8(7-14)12(17)15-10/h5H,3-4,6H2,1-2H3,(H,15,17). The summed E-state index contributed by atoms with van der Waals surface area (Å²) in [6.45, 7) is 3.60. The Hall–Kier alpha value is -2.62. The summed E-state index contributed by atoms with van der Waals surface area (Å²) in [7, 11) is 0. The minimum absolute atomic E-state index is 0.0175. The molecule has 0 atom stereocenters. The van der Waals surface area contributed by atoms with Gasteiger partial charge in [-0.05, 0) is 19.9 Å². The van der Waals surface area contributed by atoms with Crippen molar-refractivity contribution in [2.45, 2.75) is 20.3 Å². The van der Waals surface area contributed by atoms with Crippen LogP contribution in [0, 0.1) is 11.3 Å². The van der Waals surface area contributed by atoms with Gasteiger partial charge in [0.15, 0.2) is 0 Å². The molecule has 0 spiro atoms. The summed E-state index contributed by atoms with van der Waals surface area (Å²) >= 11 is 0. The maximum Gasteiger partial charge on any atom is 0.339 e. The van der Waals surface area contributed by atoms with E-state index in [0.29, 0.717) is 0 Å². The van der Waals surface area contributed by atoms with Gasteiger partial charge in [0.05, 0.1) is 25.2 Å². The van der Waals surface area contributed by atoms with Gasteiger partial charge in [0.25, 0.3) is 5.56 Å². The van der Waals surface area contributed by atoms with Crippen LogP contribution >= 0.6 is 0 Å². The summed E-state index contributed by atoms with van der Waals surface area (Å²) in [5, 5.41) is 8.80. The predicted molar refractivity (Wildman–Crippen MR) is 68.1 cm³/mol. The molecule has 0 radical (unpaired) electrons. The molecule has 0 fully saturated rings. The van der Waals surface area contributed by atoms with E-state index >= 15 is 0 Å². The second kappa shape index (κ2) is 7.09. The molecule has 0 bridgehead atoms. The van der Waals surface area contributed by atoms with Crippen molar-refractivity contribution >= 4 is 11.9 Å². The Morgan fingerprint density at radius 2 is 1.95 bits per heavy atom. The smallest absolute Gasteiger partial charge is 0.339 e. The lowest BCUT2D eigenvalue weighted by Crippen LogP contribution is -2.21. The van der Waals surface area contributed by atoms with Gasteiger partial charge in [-0.15, -0.1) is 0 Å². The van der Waals surface area contributed by atoms with Crippen LogP contribution in [0.15, 0.2) is 10.9 Å². The summed E-state index contributed by atoms with van der Waals surface area (Å²) in [4.78, 5) is 37.1. The van der Waals surface area contributed by atoms with Gasteiger partial charge >= 0.3 is 11.9 Å². The number of carbonyl (C=O) groups is 2. The Morgan fingerprint density at radius 3 is 2.50 bits per heavy atom. The maximum atomic E-state index is 11.8. The second-order valence-corrected chi connectivity index (χ2v) is 3.72. The molecule has 0 unspecified atom stereocenters. The van der Waals surface area contributed by atoms with Crippen molar-refractivity contribution in [3.8, 4) is 6.07 Å². The molecule has 106 valence electrons. The molecule has 0 saturated heterocycles. The predicted octanol–water partition coefficient (Wildman–Crippen LogP) is 0.529. The highest BCUT2D eigenvalue weighted by atomic mass is 16.5. The van der Waals surface area contributed by atoms with Gasteiger partial charge in [-0.3, -0.25) is 9.59 Å². The van der Waals surface area contributed by atoms with E-state index in [9.17, 15) is 14.4 Å². The van der Waals surface area contributed by atoms with E-state index in [1.54, 1.807) is 19.9 Å². The lowest BCUT2D eigenvalue weighted by molar-refractivity contribution is -0.142. The fourth-order valence-electron chi connectivity index (χ4n) is 1.54. The quantitative estimate of drug-likeness (QED) is 0.787. The van der Waals surface area contributed by atoms with E-state index in [4.69, 9.17) is 14.7 Å². The zero-order chi connectivity index (χ0) is 15.1. The number of carbonyl (C=O) groups excluding carboxylic acids is 2. The van der Waals surface area contributed by atoms with Crippen LogP contribution in [-0.2, 0) is 20.7 Å². The van der Waals surface area contributed by atoms with Crippen LogP contribution in [0.4, 0.5) is 0 Å². The third-order valence-corrected chi connectivity index (χ3v) is 2.37.